The van der Waals surface area contributed by atoms with Crippen LogP contribution in [-0.4, -0.2) is 69.8 Å². The van der Waals surface area contributed by atoms with Gasteiger partial charge in [-0.2, -0.15) is 0 Å². The lowest BCUT2D eigenvalue weighted by Crippen LogP contribution is -2.27. The number of aliphatic hydroxyl groups excluding tert-OH is 1. The van der Waals surface area contributed by atoms with Crippen molar-refractivity contribution >= 4 is 0 Å². The molecule has 2 rings (SSSR count). The highest BCUT2D eigenvalue weighted by Crippen LogP contribution is 2.35. The molecule has 1 atom stereocenters. The average molecular weight is 325 g/mol. The van der Waals surface area contributed by atoms with Crippen LogP contribution in [0.15, 0.2) is 18.2 Å². The van der Waals surface area contributed by atoms with E-state index in [1.807, 2.05) is 25.2 Å². The summed E-state index contributed by atoms with van der Waals surface area (Å²) in [5.41, 5.74) is 0.715. The lowest BCUT2D eigenvalue weighted by atomic mass is 10.1. The van der Waals surface area contributed by atoms with E-state index in [0.717, 1.165) is 13.1 Å². The molecule has 0 aliphatic carbocycles. The van der Waals surface area contributed by atoms with Crippen LogP contribution in [0.3, 0.4) is 0 Å². The molecule has 0 aromatic heterocycles. The fraction of sp³-hybridized carbons (Fsp3) is 0.647. The molecule has 1 aromatic carbocycles. The molecule has 0 amide bonds. The predicted octanol–water partition coefficient (Wildman–Crippen LogP) is 1.48. The van der Waals surface area contributed by atoms with Crippen molar-refractivity contribution in [2.24, 2.45) is 0 Å². The van der Waals surface area contributed by atoms with Gasteiger partial charge in [-0.3, -0.25) is 0 Å². The molecule has 1 N–H and O–H groups in total. The Hall–Kier alpha value is -1.34. The van der Waals surface area contributed by atoms with Crippen LogP contribution >= 0.6 is 0 Å². The Morgan fingerprint density at radius 3 is 2.26 bits per heavy atom. The molecule has 1 unspecified atom stereocenters. The first-order valence-corrected chi connectivity index (χ1v) is 8.09. The summed E-state index contributed by atoms with van der Waals surface area (Å²) in [4.78, 5) is 2.17. The van der Waals surface area contributed by atoms with Gasteiger partial charge in [0.15, 0.2) is 11.5 Å². The van der Waals surface area contributed by atoms with Gasteiger partial charge in [0.2, 0.25) is 0 Å². The zero-order valence-electron chi connectivity index (χ0n) is 14.0. The summed E-state index contributed by atoms with van der Waals surface area (Å²) in [6.07, 6.45) is -0.624. The number of fused-ring (bicyclic) bond motifs is 1. The topological polar surface area (TPSA) is 60.4 Å². The maximum atomic E-state index is 9.92. The summed E-state index contributed by atoms with van der Waals surface area (Å²) in [5.74, 6) is 1.21. The molecule has 0 radical (unpaired) electrons. The first kappa shape index (κ1) is 18.0. The monoisotopic (exact) mass is 325 g/mol. The number of benzene rings is 1. The molecule has 1 aliphatic rings. The van der Waals surface area contributed by atoms with Gasteiger partial charge in [0.1, 0.15) is 13.2 Å². The van der Waals surface area contributed by atoms with E-state index in [9.17, 15) is 5.11 Å². The zero-order valence-corrected chi connectivity index (χ0v) is 14.0. The Morgan fingerprint density at radius 2 is 1.61 bits per heavy atom. The molecule has 0 bridgehead atoms. The summed E-state index contributed by atoms with van der Waals surface area (Å²) < 4.78 is 22.7. The first-order chi connectivity index (χ1) is 11.2. The van der Waals surface area contributed by atoms with Crippen LogP contribution in [-0.2, 0) is 9.47 Å². The van der Waals surface area contributed by atoms with Crippen LogP contribution < -0.4 is 9.47 Å². The van der Waals surface area contributed by atoms with Crippen molar-refractivity contribution in [1.82, 2.24) is 4.90 Å². The molecule has 6 nitrogen and oxygen atoms in total. The molecule has 6 heteroatoms. The van der Waals surface area contributed by atoms with Gasteiger partial charge in [0.25, 0.3) is 0 Å². The number of hydrogen-bond acceptors (Lipinski definition) is 6. The molecule has 1 heterocycles. The van der Waals surface area contributed by atoms with Crippen LogP contribution in [0.2, 0.25) is 0 Å². The fourth-order valence-corrected chi connectivity index (χ4v) is 2.30. The minimum atomic E-state index is -0.624. The van der Waals surface area contributed by atoms with Gasteiger partial charge in [-0.05, 0) is 20.0 Å². The molecule has 0 spiro atoms. The lowest BCUT2D eigenvalue weighted by Gasteiger charge is -2.18. The van der Waals surface area contributed by atoms with Gasteiger partial charge in [-0.25, -0.2) is 0 Å². The maximum Gasteiger partial charge on any atom is 0.167 e. The molecule has 23 heavy (non-hydrogen) atoms. The fourth-order valence-electron chi connectivity index (χ4n) is 2.30. The maximum absolute atomic E-state index is 9.92. The van der Waals surface area contributed by atoms with Crippen LogP contribution in [0.4, 0.5) is 0 Å². The lowest BCUT2D eigenvalue weighted by molar-refractivity contribution is 0.0675. The second-order valence-electron chi connectivity index (χ2n) is 5.58. The summed E-state index contributed by atoms with van der Waals surface area (Å²) in [6, 6.07) is 5.53. The van der Waals surface area contributed by atoms with Crippen molar-refractivity contribution in [3.05, 3.63) is 23.8 Å². The molecule has 130 valence electrons. The third kappa shape index (κ3) is 5.99. The van der Waals surface area contributed by atoms with Gasteiger partial charge in [-0.1, -0.05) is 12.1 Å². The molecule has 1 aromatic rings. The third-order valence-corrected chi connectivity index (χ3v) is 3.65. The number of rotatable bonds is 1. The Bertz CT molecular complexity index is 466. The van der Waals surface area contributed by atoms with Crippen LogP contribution in [0, 0.1) is 0 Å². The first-order valence-electron chi connectivity index (χ1n) is 8.09. The largest absolute Gasteiger partial charge is 0.487 e. The predicted molar refractivity (Wildman–Crippen MR) is 87.2 cm³/mol. The normalized spacial score (nSPS) is 20.3. The highest BCUT2D eigenvalue weighted by molar-refractivity contribution is 5.47. The number of likely N-dealkylation sites (N-methyl/N-ethyl adjacent to an activating group) is 1. The number of nitrogens with zero attached hydrogens (tertiary/aromatic N) is 1. The summed E-state index contributed by atoms with van der Waals surface area (Å²) in [6.45, 7) is 6.63. The highest BCUT2D eigenvalue weighted by Gasteiger charge is 2.15. The van der Waals surface area contributed by atoms with Crippen molar-refractivity contribution in [2.45, 2.75) is 13.0 Å². The van der Waals surface area contributed by atoms with Gasteiger partial charge < -0.3 is 29.0 Å². The average Bonchev–Trinajstić information content (AvgIpc) is 2.54. The second-order valence-corrected chi connectivity index (χ2v) is 5.58. The van der Waals surface area contributed by atoms with Gasteiger partial charge in [-0.15, -0.1) is 0 Å². The Balaban J connectivity index is 2.05. The summed E-state index contributed by atoms with van der Waals surface area (Å²) in [5, 5.41) is 9.92. The van der Waals surface area contributed by atoms with E-state index >= 15 is 0 Å². The van der Waals surface area contributed by atoms with Gasteiger partial charge in [0.05, 0.1) is 32.5 Å². The van der Waals surface area contributed by atoms with Crippen LogP contribution in [0.1, 0.15) is 18.6 Å². The smallest absolute Gasteiger partial charge is 0.167 e. The molecular weight excluding hydrogens is 298 g/mol. The Kier molecular flexibility index (Phi) is 7.61. The Labute approximate surface area is 137 Å². The number of ether oxygens (including phenoxy) is 4. The molecule has 0 fully saturated rings. The van der Waals surface area contributed by atoms with Crippen molar-refractivity contribution in [1.29, 1.82) is 0 Å². The van der Waals surface area contributed by atoms with E-state index in [-0.39, 0.29) is 0 Å². The van der Waals surface area contributed by atoms with E-state index in [2.05, 4.69) is 4.90 Å². The quantitative estimate of drug-likeness (QED) is 0.844. The summed E-state index contributed by atoms with van der Waals surface area (Å²) in [7, 11) is 2.04. The molecule has 0 saturated heterocycles. The van der Waals surface area contributed by atoms with Crippen molar-refractivity contribution < 1.29 is 24.1 Å². The second kappa shape index (κ2) is 9.72. The summed E-state index contributed by atoms with van der Waals surface area (Å²) >= 11 is 0. The van der Waals surface area contributed by atoms with E-state index in [0.29, 0.717) is 56.7 Å². The SMILES string of the molecule is CC(O)c1cccc2c1OCCOCCN(C)CCOCCO2. The number of hydrogen-bond donors (Lipinski definition) is 1. The molecule has 0 saturated carbocycles. The minimum absolute atomic E-state index is 0.417. The van der Waals surface area contributed by atoms with Crippen LogP contribution in [0.25, 0.3) is 0 Å². The van der Waals surface area contributed by atoms with E-state index in [1.165, 1.54) is 0 Å². The number of para-hydroxylation sites is 1. The van der Waals surface area contributed by atoms with E-state index < -0.39 is 6.10 Å². The standard InChI is InChI=1S/C17H27NO5/c1-14(19)15-4-3-5-16-17(15)23-13-11-21-9-7-18(2)6-8-20-10-12-22-16/h3-5,14,19H,6-13H2,1-2H3. The van der Waals surface area contributed by atoms with E-state index in [4.69, 9.17) is 18.9 Å². The van der Waals surface area contributed by atoms with Crippen LogP contribution in [0.5, 0.6) is 11.5 Å². The molecular formula is C17H27NO5. The van der Waals surface area contributed by atoms with Crippen molar-refractivity contribution in [2.75, 3.05) is 59.8 Å². The van der Waals surface area contributed by atoms with Crippen molar-refractivity contribution in [3.63, 3.8) is 0 Å². The van der Waals surface area contributed by atoms with E-state index in [1.54, 1.807) is 6.92 Å². The third-order valence-electron chi connectivity index (χ3n) is 3.65. The minimum Gasteiger partial charge on any atom is -0.487 e. The molecule has 1 aliphatic heterocycles. The zero-order chi connectivity index (χ0) is 16.5. The van der Waals surface area contributed by atoms with Crippen molar-refractivity contribution in [3.8, 4) is 11.5 Å². The van der Waals surface area contributed by atoms with Gasteiger partial charge >= 0.3 is 0 Å². The van der Waals surface area contributed by atoms with Gasteiger partial charge in [0, 0.05) is 18.7 Å². The number of aliphatic hydroxyl groups is 1. The Morgan fingerprint density at radius 1 is 0.957 bits per heavy atom. The highest BCUT2D eigenvalue weighted by atomic mass is 16.6.